The summed E-state index contributed by atoms with van der Waals surface area (Å²) in [4.78, 5) is 10.9. The molecule has 0 spiro atoms. The molecule has 0 bridgehead atoms. The Labute approximate surface area is 159 Å². The molecular weight excluding hydrogens is 345 g/mol. The van der Waals surface area contributed by atoms with Crippen molar-refractivity contribution in [3.63, 3.8) is 0 Å². The number of aryl methyl sites for hydroxylation is 2. The molecule has 0 amide bonds. The molecule has 2 aromatic rings. The second-order valence-electron chi connectivity index (χ2n) is 6.85. The zero-order chi connectivity index (χ0) is 19.4. The number of anilines is 1. The Morgan fingerprint density at radius 2 is 2.22 bits per heavy atom. The predicted octanol–water partition coefficient (Wildman–Crippen LogP) is 1.91. The number of guanidine groups is 1. The minimum atomic E-state index is -0.277. The van der Waals surface area contributed by atoms with Gasteiger partial charge in [-0.3, -0.25) is 4.68 Å². The van der Waals surface area contributed by atoms with Crippen LogP contribution in [0.4, 0.5) is 10.2 Å². The lowest BCUT2D eigenvalue weighted by atomic mass is 10.2. The van der Waals surface area contributed by atoms with Crippen LogP contribution in [0.25, 0.3) is 0 Å². The van der Waals surface area contributed by atoms with E-state index in [1.54, 1.807) is 12.3 Å². The monoisotopic (exact) mass is 373 g/mol. The summed E-state index contributed by atoms with van der Waals surface area (Å²) in [6.45, 7) is 8.93. The van der Waals surface area contributed by atoms with Crippen LogP contribution in [0.2, 0.25) is 0 Å². The third-order valence-corrected chi connectivity index (χ3v) is 4.97. The maximum atomic E-state index is 14.0. The molecule has 0 saturated carbocycles. The van der Waals surface area contributed by atoms with Crippen molar-refractivity contribution in [2.75, 3.05) is 24.5 Å². The number of hydrogen-bond acceptors (Lipinski definition) is 4. The van der Waals surface area contributed by atoms with Gasteiger partial charge in [0.15, 0.2) is 17.6 Å². The Morgan fingerprint density at radius 1 is 1.41 bits per heavy atom. The Hall–Kier alpha value is -2.64. The Morgan fingerprint density at radius 3 is 2.89 bits per heavy atom. The lowest BCUT2D eigenvalue weighted by molar-refractivity contribution is 0.612. The molecule has 1 atom stereocenters. The second kappa shape index (κ2) is 8.37. The molecule has 3 rings (SSSR count). The first-order chi connectivity index (χ1) is 13.0. The van der Waals surface area contributed by atoms with E-state index >= 15 is 0 Å². The molecule has 2 aromatic heterocycles. The summed E-state index contributed by atoms with van der Waals surface area (Å²) >= 11 is 0. The average Bonchev–Trinajstić information content (AvgIpc) is 3.19. The lowest BCUT2D eigenvalue weighted by Crippen LogP contribution is -2.44. The summed E-state index contributed by atoms with van der Waals surface area (Å²) < 4.78 is 15.9. The first-order valence-electron chi connectivity index (χ1n) is 9.39. The van der Waals surface area contributed by atoms with E-state index in [0.717, 1.165) is 42.4 Å². The van der Waals surface area contributed by atoms with Crippen LogP contribution in [-0.2, 0) is 13.6 Å². The second-order valence-corrected chi connectivity index (χ2v) is 6.85. The van der Waals surface area contributed by atoms with Gasteiger partial charge in [0, 0.05) is 50.2 Å². The third-order valence-electron chi connectivity index (χ3n) is 4.97. The zero-order valence-electron chi connectivity index (χ0n) is 16.5. The van der Waals surface area contributed by atoms with Gasteiger partial charge in [0.05, 0.1) is 12.2 Å². The number of halogens is 1. The smallest absolute Gasteiger partial charge is 0.191 e. The van der Waals surface area contributed by atoms with Crippen LogP contribution in [0.15, 0.2) is 23.3 Å². The van der Waals surface area contributed by atoms with E-state index in [9.17, 15) is 4.39 Å². The largest absolute Gasteiger partial charge is 0.357 e. The van der Waals surface area contributed by atoms with Gasteiger partial charge >= 0.3 is 0 Å². The summed E-state index contributed by atoms with van der Waals surface area (Å²) in [5.41, 5.74) is 3.29. The van der Waals surface area contributed by atoms with Gasteiger partial charge in [-0.1, -0.05) is 0 Å². The number of hydrogen-bond donors (Lipinski definition) is 2. The standard InChI is InChI=1S/C19H28FN7/c1-5-21-19(23-11-16-13(2)25-26(4)14(16)3)24-15-8-10-27(12-15)18-17(20)7-6-9-22-18/h6-7,9,15H,5,8,10-12H2,1-4H3,(H2,21,23,24). The quantitative estimate of drug-likeness (QED) is 0.619. The van der Waals surface area contributed by atoms with Crippen molar-refractivity contribution in [3.05, 3.63) is 41.1 Å². The van der Waals surface area contributed by atoms with E-state index in [-0.39, 0.29) is 11.9 Å². The van der Waals surface area contributed by atoms with Crippen molar-refractivity contribution < 1.29 is 4.39 Å². The minimum absolute atomic E-state index is 0.195. The molecule has 2 N–H and O–H groups in total. The zero-order valence-corrected chi connectivity index (χ0v) is 16.5. The van der Waals surface area contributed by atoms with Gasteiger partial charge in [-0.15, -0.1) is 0 Å². The number of aromatic nitrogens is 3. The number of rotatable bonds is 5. The van der Waals surface area contributed by atoms with Crippen molar-refractivity contribution in [2.45, 2.75) is 39.8 Å². The van der Waals surface area contributed by atoms with E-state index in [2.05, 4.69) is 27.6 Å². The van der Waals surface area contributed by atoms with E-state index in [1.165, 1.54) is 6.07 Å². The third kappa shape index (κ3) is 4.37. The van der Waals surface area contributed by atoms with Crippen molar-refractivity contribution in [1.82, 2.24) is 25.4 Å². The Kier molecular flexibility index (Phi) is 5.93. The minimum Gasteiger partial charge on any atom is -0.357 e. The highest BCUT2D eigenvalue weighted by molar-refractivity contribution is 5.80. The normalized spacial score (nSPS) is 17.4. The molecule has 0 aromatic carbocycles. The molecule has 3 heterocycles. The molecule has 1 aliphatic rings. The van der Waals surface area contributed by atoms with Crippen LogP contribution in [0, 0.1) is 19.7 Å². The lowest BCUT2D eigenvalue weighted by Gasteiger charge is -2.20. The SMILES string of the molecule is CCNC(=NCc1c(C)nn(C)c1C)NC1CCN(c2ncccc2F)C1. The van der Waals surface area contributed by atoms with Crippen LogP contribution >= 0.6 is 0 Å². The number of pyridine rings is 1. The van der Waals surface area contributed by atoms with Crippen LogP contribution in [0.1, 0.15) is 30.3 Å². The predicted molar refractivity (Wildman–Crippen MR) is 105 cm³/mol. The fraction of sp³-hybridized carbons (Fsp3) is 0.526. The maximum Gasteiger partial charge on any atom is 0.191 e. The van der Waals surface area contributed by atoms with Crippen LogP contribution < -0.4 is 15.5 Å². The van der Waals surface area contributed by atoms with Crippen molar-refractivity contribution in [2.24, 2.45) is 12.0 Å². The van der Waals surface area contributed by atoms with Gasteiger partial charge in [-0.05, 0) is 39.3 Å². The maximum absolute atomic E-state index is 14.0. The fourth-order valence-electron chi connectivity index (χ4n) is 3.40. The highest BCUT2D eigenvalue weighted by Crippen LogP contribution is 2.20. The molecule has 8 heteroatoms. The molecule has 1 saturated heterocycles. The van der Waals surface area contributed by atoms with Crippen molar-refractivity contribution >= 4 is 11.8 Å². The Bertz CT molecular complexity index is 814. The molecule has 0 radical (unpaired) electrons. The van der Waals surface area contributed by atoms with Crippen molar-refractivity contribution in [3.8, 4) is 0 Å². The average molecular weight is 373 g/mol. The summed E-state index contributed by atoms with van der Waals surface area (Å²) in [7, 11) is 1.95. The van der Waals surface area contributed by atoms with E-state index in [0.29, 0.717) is 18.9 Å². The van der Waals surface area contributed by atoms with Gasteiger partial charge < -0.3 is 15.5 Å². The summed E-state index contributed by atoms with van der Waals surface area (Å²) in [5, 5.41) is 11.2. The first-order valence-corrected chi connectivity index (χ1v) is 9.39. The van der Waals surface area contributed by atoms with E-state index in [1.807, 2.05) is 30.5 Å². The molecule has 27 heavy (non-hydrogen) atoms. The molecule has 146 valence electrons. The topological polar surface area (TPSA) is 70.4 Å². The van der Waals surface area contributed by atoms with E-state index < -0.39 is 0 Å². The molecule has 7 nitrogen and oxygen atoms in total. The molecular formula is C19H28FN7. The van der Waals surface area contributed by atoms with Crippen LogP contribution in [0.5, 0.6) is 0 Å². The fourth-order valence-corrected chi connectivity index (χ4v) is 3.40. The first kappa shape index (κ1) is 19.1. The molecule has 1 aliphatic heterocycles. The summed E-state index contributed by atoms with van der Waals surface area (Å²) in [6, 6.07) is 3.26. The highest BCUT2D eigenvalue weighted by Gasteiger charge is 2.26. The van der Waals surface area contributed by atoms with Crippen LogP contribution in [0.3, 0.4) is 0 Å². The van der Waals surface area contributed by atoms with Gasteiger partial charge in [-0.2, -0.15) is 5.10 Å². The number of aliphatic imine (C=N–C) groups is 1. The molecule has 1 unspecified atom stereocenters. The van der Waals surface area contributed by atoms with E-state index in [4.69, 9.17) is 4.99 Å². The highest BCUT2D eigenvalue weighted by atomic mass is 19.1. The summed E-state index contributed by atoms with van der Waals surface area (Å²) in [5.74, 6) is 0.917. The van der Waals surface area contributed by atoms with Crippen molar-refractivity contribution in [1.29, 1.82) is 0 Å². The van der Waals surface area contributed by atoms with Gasteiger partial charge in [-0.25, -0.2) is 14.4 Å². The van der Waals surface area contributed by atoms with Gasteiger partial charge in [0.25, 0.3) is 0 Å². The van der Waals surface area contributed by atoms with Crippen LogP contribution in [-0.4, -0.2) is 46.4 Å². The number of nitrogens with one attached hydrogen (secondary N) is 2. The van der Waals surface area contributed by atoms with Gasteiger partial charge in [0.2, 0.25) is 0 Å². The van der Waals surface area contributed by atoms with Gasteiger partial charge in [0.1, 0.15) is 0 Å². The number of nitrogens with zero attached hydrogens (tertiary/aromatic N) is 5. The Balaban J connectivity index is 1.65. The molecule has 0 aliphatic carbocycles. The summed E-state index contributed by atoms with van der Waals surface area (Å²) in [6.07, 6.45) is 2.54. The molecule has 1 fully saturated rings.